The standard InChI is InChI=1S/C12H23NO2/c1-2-3-8-15-11-7-13-12-5-4-9-14-10-6-12/h2,12-13H,1,3-11H2. The van der Waals surface area contributed by atoms with Crippen molar-refractivity contribution >= 4 is 0 Å². The predicted molar refractivity (Wildman–Crippen MR) is 62.1 cm³/mol. The molecule has 1 fully saturated rings. The molecule has 0 saturated carbocycles. The van der Waals surface area contributed by atoms with E-state index in [0.29, 0.717) is 6.04 Å². The van der Waals surface area contributed by atoms with Crippen LogP contribution in [0, 0.1) is 0 Å². The summed E-state index contributed by atoms with van der Waals surface area (Å²) >= 11 is 0. The molecule has 0 spiro atoms. The van der Waals surface area contributed by atoms with Gasteiger partial charge in [0, 0.05) is 25.8 Å². The summed E-state index contributed by atoms with van der Waals surface area (Å²) in [5.74, 6) is 0. The van der Waals surface area contributed by atoms with Gasteiger partial charge in [-0.25, -0.2) is 0 Å². The van der Waals surface area contributed by atoms with Crippen molar-refractivity contribution in [3.63, 3.8) is 0 Å². The van der Waals surface area contributed by atoms with Gasteiger partial charge in [-0.1, -0.05) is 6.08 Å². The smallest absolute Gasteiger partial charge is 0.0591 e. The minimum atomic E-state index is 0.621. The van der Waals surface area contributed by atoms with Gasteiger partial charge in [0.25, 0.3) is 0 Å². The molecule has 0 radical (unpaired) electrons. The average molecular weight is 213 g/mol. The Morgan fingerprint density at radius 1 is 1.33 bits per heavy atom. The molecule has 1 aliphatic heterocycles. The molecule has 1 atom stereocenters. The molecule has 1 unspecified atom stereocenters. The van der Waals surface area contributed by atoms with E-state index in [9.17, 15) is 0 Å². The molecule has 1 N–H and O–H groups in total. The largest absolute Gasteiger partial charge is 0.381 e. The molecule has 1 aliphatic rings. The lowest BCUT2D eigenvalue weighted by molar-refractivity contribution is 0.133. The van der Waals surface area contributed by atoms with Gasteiger partial charge in [-0.05, 0) is 25.7 Å². The molecule has 15 heavy (non-hydrogen) atoms. The van der Waals surface area contributed by atoms with E-state index in [1.54, 1.807) is 0 Å². The molecule has 0 aromatic heterocycles. The highest BCUT2D eigenvalue weighted by atomic mass is 16.5. The molecule has 0 aliphatic carbocycles. The van der Waals surface area contributed by atoms with E-state index in [1.165, 1.54) is 12.8 Å². The fourth-order valence-corrected chi connectivity index (χ4v) is 1.71. The monoisotopic (exact) mass is 213 g/mol. The van der Waals surface area contributed by atoms with Crippen molar-refractivity contribution in [2.75, 3.05) is 33.0 Å². The third-order valence-electron chi connectivity index (χ3n) is 2.60. The molecule has 0 aromatic rings. The quantitative estimate of drug-likeness (QED) is 0.516. The molecule has 3 heteroatoms. The summed E-state index contributed by atoms with van der Waals surface area (Å²) in [5.41, 5.74) is 0. The van der Waals surface area contributed by atoms with Crippen LogP contribution in [0.5, 0.6) is 0 Å². The summed E-state index contributed by atoms with van der Waals surface area (Å²) in [6.45, 7) is 8.01. The van der Waals surface area contributed by atoms with E-state index in [2.05, 4.69) is 11.9 Å². The van der Waals surface area contributed by atoms with Gasteiger partial charge in [-0.15, -0.1) is 6.58 Å². The maximum absolute atomic E-state index is 5.43. The van der Waals surface area contributed by atoms with Crippen molar-refractivity contribution < 1.29 is 9.47 Å². The second-order valence-electron chi connectivity index (χ2n) is 3.88. The Bertz CT molecular complexity index is 154. The zero-order valence-electron chi connectivity index (χ0n) is 9.54. The highest BCUT2D eigenvalue weighted by Gasteiger charge is 2.10. The van der Waals surface area contributed by atoms with Crippen molar-refractivity contribution in [2.45, 2.75) is 31.7 Å². The topological polar surface area (TPSA) is 30.5 Å². The summed E-state index contributed by atoms with van der Waals surface area (Å²) in [7, 11) is 0. The molecule has 0 aromatic carbocycles. The number of nitrogens with one attached hydrogen (secondary N) is 1. The van der Waals surface area contributed by atoms with Crippen LogP contribution in [0.4, 0.5) is 0 Å². The minimum Gasteiger partial charge on any atom is -0.381 e. The number of hydrogen-bond acceptors (Lipinski definition) is 3. The Hall–Kier alpha value is -0.380. The van der Waals surface area contributed by atoms with E-state index in [0.717, 1.165) is 45.8 Å². The maximum Gasteiger partial charge on any atom is 0.0591 e. The van der Waals surface area contributed by atoms with Crippen LogP contribution in [0.15, 0.2) is 12.7 Å². The van der Waals surface area contributed by atoms with E-state index >= 15 is 0 Å². The highest BCUT2D eigenvalue weighted by Crippen LogP contribution is 2.07. The van der Waals surface area contributed by atoms with Crippen LogP contribution in [0.1, 0.15) is 25.7 Å². The van der Waals surface area contributed by atoms with Gasteiger partial charge in [-0.3, -0.25) is 0 Å². The lowest BCUT2D eigenvalue weighted by atomic mass is 10.1. The number of rotatable bonds is 7. The summed E-state index contributed by atoms with van der Waals surface area (Å²) < 4.78 is 10.8. The first-order valence-electron chi connectivity index (χ1n) is 5.93. The second-order valence-corrected chi connectivity index (χ2v) is 3.88. The van der Waals surface area contributed by atoms with Crippen LogP contribution < -0.4 is 5.32 Å². The third-order valence-corrected chi connectivity index (χ3v) is 2.60. The fourth-order valence-electron chi connectivity index (χ4n) is 1.71. The van der Waals surface area contributed by atoms with Crippen molar-refractivity contribution in [1.82, 2.24) is 5.32 Å². The SMILES string of the molecule is C=CCCOCCNC1CCCOCC1. The molecule has 1 rings (SSSR count). The van der Waals surface area contributed by atoms with Gasteiger partial charge in [0.1, 0.15) is 0 Å². The normalized spacial score (nSPS) is 22.3. The average Bonchev–Trinajstić information content (AvgIpc) is 2.52. The van der Waals surface area contributed by atoms with Crippen LogP contribution in [0.2, 0.25) is 0 Å². The van der Waals surface area contributed by atoms with Crippen molar-refractivity contribution in [3.8, 4) is 0 Å². The minimum absolute atomic E-state index is 0.621. The first kappa shape index (κ1) is 12.7. The molecule has 0 amide bonds. The zero-order valence-corrected chi connectivity index (χ0v) is 9.54. The van der Waals surface area contributed by atoms with E-state index in [-0.39, 0.29) is 0 Å². The Morgan fingerprint density at radius 2 is 2.27 bits per heavy atom. The third kappa shape index (κ3) is 6.66. The summed E-state index contributed by atoms with van der Waals surface area (Å²) in [6, 6.07) is 0.621. The van der Waals surface area contributed by atoms with Crippen LogP contribution >= 0.6 is 0 Å². The Morgan fingerprint density at radius 3 is 3.13 bits per heavy atom. The first-order chi connectivity index (χ1) is 7.43. The van der Waals surface area contributed by atoms with Gasteiger partial charge in [0.2, 0.25) is 0 Å². The first-order valence-corrected chi connectivity index (χ1v) is 5.93. The Kier molecular flexibility index (Phi) is 7.52. The number of hydrogen-bond donors (Lipinski definition) is 1. The molecule has 1 heterocycles. The van der Waals surface area contributed by atoms with E-state index in [4.69, 9.17) is 9.47 Å². The van der Waals surface area contributed by atoms with Crippen molar-refractivity contribution in [3.05, 3.63) is 12.7 Å². The Balaban J connectivity index is 1.91. The molecule has 3 nitrogen and oxygen atoms in total. The lowest BCUT2D eigenvalue weighted by Crippen LogP contribution is -2.32. The van der Waals surface area contributed by atoms with Gasteiger partial charge in [-0.2, -0.15) is 0 Å². The van der Waals surface area contributed by atoms with Gasteiger partial charge in [0.15, 0.2) is 0 Å². The van der Waals surface area contributed by atoms with Gasteiger partial charge in [0.05, 0.1) is 13.2 Å². The summed E-state index contributed by atoms with van der Waals surface area (Å²) in [5, 5.41) is 3.51. The van der Waals surface area contributed by atoms with Crippen molar-refractivity contribution in [2.24, 2.45) is 0 Å². The van der Waals surface area contributed by atoms with Crippen LogP contribution in [0.3, 0.4) is 0 Å². The molecule has 0 bridgehead atoms. The summed E-state index contributed by atoms with van der Waals surface area (Å²) in [4.78, 5) is 0. The highest BCUT2D eigenvalue weighted by molar-refractivity contribution is 4.69. The molecular weight excluding hydrogens is 190 g/mol. The van der Waals surface area contributed by atoms with Gasteiger partial charge >= 0.3 is 0 Å². The van der Waals surface area contributed by atoms with Crippen molar-refractivity contribution in [1.29, 1.82) is 0 Å². The molecule has 88 valence electrons. The summed E-state index contributed by atoms with van der Waals surface area (Å²) in [6.07, 6.45) is 6.36. The lowest BCUT2D eigenvalue weighted by Gasteiger charge is -2.15. The molecule has 1 saturated heterocycles. The van der Waals surface area contributed by atoms with Gasteiger partial charge < -0.3 is 14.8 Å². The Labute approximate surface area is 92.8 Å². The zero-order chi connectivity index (χ0) is 10.8. The number of ether oxygens (including phenoxy) is 2. The predicted octanol–water partition coefficient (Wildman–Crippen LogP) is 1.74. The molecular formula is C12H23NO2. The van der Waals surface area contributed by atoms with Crippen LogP contribution in [0.25, 0.3) is 0 Å². The fraction of sp³-hybridized carbons (Fsp3) is 0.833. The van der Waals surface area contributed by atoms with Crippen LogP contribution in [-0.4, -0.2) is 39.0 Å². The maximum atomic E-state index is 5.43. The van der Waals surface area contributed by atoms with Crippen LogP contribution in [-0.2, 0) is 9.47 Å². The van der Waals surface area contributed by atoms with E-state index < -0.39 is 0 Å². The second kappa shape index (κ2) is 8.89. The van der Waals surface area contributed by atoms with E-state index in [1.807, 2.05) is 6.08 Å².